The van der Waals surface area contributed by atoms with Crippen molar-refractivity contribution in [3.63, 3.8) is 0 Å². The summed E-state index contributed by atoms with van der Waals surface area (Å²) >= 11 is 1.15. The van der Waals surface area contributed by atoms with Crippen molar-refractivity contribution in [2.24, 2.45) is 0 Å². The van der Waals surface area contributed by atoms with Crippen LogP contribution in [-0.4, -0.2) is 43.5 Å². The Morgan fingerprint density at radius 2 is 1.56 bits per heavy atom. The monoisotopic (exact) mass is 385 g/mol. The maximum atomic E-state index is 13.3. The quantitative estimate of drug-likeness (QED) is 0.739. The van der Waals surface area contributed by atoms with Crippen LogP contribution in [0.25, 0.3) is 5.57 Å². The maximum absolute atomic E-state index is 13.3. The van der Waals surface area contributed by atoms with E-state index in [0.29, 0.717) is 28.5 Å². The molecule has 0 unspecified atom stereocenters. The van der Waals surface area contributed by atoms with Gasteiger partial charge in [0.2, 0.25) is 0 Å². The van der Waals surface area contributed by atoms with E-state index in [1.54, 1.807) is 48.5 Å². The van der Waals surface area contributed by atoms with Crippen LogP contribution in [-0.2, 0) is 9.59 Å². The first kappa shape index (κ1) is 19.0. The van der Waals surface area contributed by atoms with Gasteiger partial charge in [-0.1, -0.05) is 30.3 Å². The van der Waals surface area contributed by atoms with Crippen molar-refractivity contribution in [1.29, 1.82) is 0 Å². The molecule has 1 heterocycles. The molecule has 0 saturated heterocycles. The summed E-state index contributed by atoms with van der Waals surface area (Å²) in [6.07, 6.45) is 0. The molecule has 2 aromatic carbocycles. The van der Waals surface area contributed by atoms with Crippen molar-refractivity contribution in [2.75, 3.05) is 31.5 Å². The van der Waals surface area contributed by atoms with Crippen LogP contribution in [0.2, 0.25) is 0 Å². The molecule has 27 heavy (non-hydrogen) atoms. The fraction of sp³-hybridized carbons (Fsp3) is 0.200. The van der Waals surface area contributed by atoms with E-state index in [0.717, 1.165) is 16.7 Å². The molecule has 0 aromatic heterocycles. The second-order valence-corrected chi connectivity index (χ2v) is 6.70. The summed E-state index contributed by atoms with van der Waals surface area (Å²) in [5, 5.41) is 9.20. The lowest BCUT2D eigenvalue weighted by Crippen LogP contribution is -2.31. The summed E-state index contributed by atoms with van der Waals surface area (Å²) < 4.78 is 10.7. The number of imide groups is 1. The lowest BCUT2D eigenvalue weighted by atomic mass is 10.0. The molecule has 0 radical (unpaired) electrons. The van der Waals surface area contributed by atoms with Crippen molar-refractivity contribution in [3.8, 4) is 11.5 Å². The second-order valence-electron chi connectivity index (χ2n) is 5.59. The molecule has 0 spiro atoms. The maximum Gasteiger partial charge on any atom is 0.272 e. The minimum absolute atomic E-state index is 0.108. The van der Waals surface area contributed by atoms with Crippen LogP contribution in [0.4, 0.5) is 5.69 Å². The Morgan fingerprint density at radius 1 is 0.926 bits per heavy atom. The van der Waals surface area contributed by atoms with Gasteiger partial charge in [0.05, 0.1) is 37.0 Å². The van der Waals surface area contributed by atoms with Crippen molar-refractivity contribution in [2.45, 2.75) is 0 Å². The van der Waals surface area contributed by atoms with Crippen molar-refractivity contribution < 1.29 is 24.2 Å². The first-order valence-electron chi connectivity index (χ1n) is 8.27. The van der Waals surface area contributed by atoms with E-state index in [-0.39, 0.29) is 17.1 Å². The number of nitrogens with zero attached hydrogens (tertiary/aromatic N) is 1. The highest BCUT2D eigenvalue weighted by molar-refractivity contribution is 8.04. The summed E-state index contributed by atoms with van der Waals surface area (Å²) in [7, 11) is 3.00. The lowest BCUT2D eigenvalue weighted by Gasteiger charge is -2.18. The van der Waals surface area contributed by atoms with E-state index in [1.807, 2.05) is 0 Å². The molecule has 0 fully saturated rings. The fourth-order valence-electron chi connectivity index (χ4n) is 2.91. The van der Waals surface area contributed by atoms with Crippen LogP contribution in [0, 0.1) is 0 Å². The van der Waals surface area contributed by atoms with Crippen LogP contribution >= 0.6 is 11.8 Å². The highest BCUT2D eigenvalue weighted by Crippen LogP contribution is 2.42. The lowest BCUT2D eigenvalue weighted by molar-refractivity contribution is -0.119. The van der Waals surface area contributed by atoms with Crippen molar-refractivity contribution >= 4 is 34.8 Å². The van der Waals surface area contributed by atoms with Gasteiger partial charge in [-0.25, -0.2) is 4.90 Å². The molecule has 1 aliphatic heterocycles. The van der Waals surface area contributed by atoms with Gasteiger partial charge in [-0.05, 0) is 18.2 Å². The number of hydrogen-bond donors (Lipinski definition) is 1. The zero-order valence-electron chi connectivity index (χ0n) is 15.0. The van der Waals surface area contributed by atoms with E-state index in [1.165, 1.54) is 14.2 Å². The molecule has 1 aliphatic rings. The molecule has 0 aliphatic carbocycles. The van der Waals surface area contributed by atoms with Crippen molar-refractivity contribution in [3.05, 3.63) is 59.0 Å². The fourth-order valence-corrected chi connectivity index (χ4v) is 3.77. The number of carbonyl (C=O) groups is 2. The predicted octanol–water partition coefficient (Wildman–Crippen LogP) is 2.71. The zero-order chi connectivity index (χ0) is 19.4. The Labute approximate surface area is 161 Å². The number of aliphatic hydroxyl groups is 1. The summed E-state index contributed by atoms with van der Waals surface area (Å²) in [6.45, 7) is -0.108. The molecule has 3 rings (SSSR count). The van der Waals surface area contributed by atoms with Gasteiger partial charge in [-0.2, -0.15) is 0 Å². The number of ether oxygens (including phenoxy) is 2. The molecular formula is C20H19NO5S. The third kappa shape index (κ3) is 3.43. The van der Waals surface area contributed by atoms with Crippen LogP contribution < -0.4 is 14.4 Å². The number of thioether (sulfide) groups is 1. The number of para-hydroxylation sites is 3. The number of anilines is 1. The molecule has 2 aromatic rings. The Hall–Kier alpha value is -2.77. The number of methoxy groups -OCH3 is 2. The third-order valence-electron chi connectivity index (χ3n) is 4.08. The summed E-state index contributed by atoms with van der Waals surface area (Å²) in [5.41, 5.74) is 1.18. The molecule has 1 N–H and O–H groups in total. The van der Waals surface area contributed by atoms with E-state index in [9.17, 15) is 14.7 Å². The molecule has 7 heteroatoms. The number of hydrogen-bond acceptors (Lipinski definition) is 6. The molecule has 6 nitrogen and oxygen atoms in total. The average Bonchev–Trinajstić information content (AvgIpc) is 2.95. The Bertz CT molecular complexity index is 909. The highest BCUT2D eigenvalue weighted by Gasteiger charge is 2.42. The number of benzene rings is 2. The Balaban J connectivity index is 2.15. The highest BCUT2D eigenvalue weighted by atomic mass is 32.2. The zero-order valence-corrected chi connectivity index (χ0v) is 15.8. The van der Waals surface area contributed by atoms with E-state index in [4.69, 9.17) is 9.47 Å². The standard InChI is InChI=1S/C20H19NO5S/c1-25-15-9-5-3-7-13(15)17-18(27-12-11-22)20(24)21(19(17)23)14-8-4-6-10-16(14)26-2/h3-10,22H,11-12H2,1-2H3. The van der Waals surface area contributed by atoms with Gasteiger partial charge >= 0.3 is 0 Å². The summed E-state index contributed by atoms with van der Waals surface area (Å²) in [4.78, 5) is 27.8. The summed E-state index contributed by atoms with van der Waals surface area (Å²) in [6, 6.07) is 13.9. The SMILES string of the molecule is COc1ccccc1C1=C(SCCO)C(=O)N(c2ccccc2OC)C1=O. The molecule has 140 valence electrons. The molecule has 0 bridgehead atoms. The van der Waals surface area contributed by atoms with Gasteiger partial charge in [0, 0.05) is 11.3 Å². The van der Waals surface area contributed by atoms with Gasteiger partial charge in [-0.3, -0.25) is 9.59 Å². The normalized spacial score (nSPS) is 14.1. The van der Waals surface area contributed by atoms with E-state index in [2.05, 4.69) is 0 Å². The van der Waals surface area contributed by atoms with Gasteiger partial charge in [0.15, 0.2) is 0 Å². The number of rotatable bonds is 7. The minimum atomic E-state index is -0.450. The minimum Gasteiger partial charge on any atom is -0.496 e. The Morgan fingerprint density at radius 3 is 2.22 bits per heavy atom. The number of carbonyl (C=O) groups excluding carboxylic acids is 2. The first-order valence-corrected chi connectivity index (χ1v) is 9.25. The van der Waals surface area contributed by atoms with Crippen LogP contribution in [0.1, 0.15) is 5.56 Å². The molecule has 0 saturated carbocycles. The van der Waals surface area contributed by atoms with E-state index >= 15 is 0 Å². The van der Waals surface area contributed by atoms with Crippen LogP contribution in [0.15, 0.2) is 53.4 Å². The summed E-state index contributed by atoms with van der Waals surface area (Å²) in [5.74, 6) is 0.329. The van der Waals surface area contributed by atoms with E-state index < -0.39 is 11.8 Å². The molecule has 0 atom stereocenters. The van der Waals surface area contributed by atoms with Gasteiger partial charge in [0.25, 0.3) is 11.8 Å². The largest absolute Gasteiger partial charge is 0.496 e. The molecular weight excluding hydrogens is 366 g/mol. The number of amides is 2. The Kier molecular flexibility index (Phi) is 5.83. The van der Waals surface area contributed by atoms with Crippen LogP contribution in [0.3, 0.4) is 0 Å². The smallest absolute Gasteiger partial charge is 0.272 e. The van der Waals surface area contributed by atoms with Gasteiger partial charge in [-0.15, -0.1) is 11.8 Å². The second kappa shape index (κ2) is 8.28. The first-order chi connectivity index (χ1) is 13.1. The average molecular weight is 385 g/mol. The van der Waals surface area contributed by atoms with Crippen molar-refractivity contribution in [1.82, 2.24) is 0 Å². The predicted molar refractivity (Wildman–Crippen MR) is 105 cm³/mol. The molecule has 2 amide bonds. The van der Waals surface area contributed by atoms with Crippen LogP contribution in [0.5, 0.6) is 11.5 Å². The third-order valence-corrected chi connectivity index (χ3v) is 5.14. The van der Waals surface area contributed by atoms with Gasteiger partial charge < -0.3 is 14.6 Å². The van der Waals surface area contributed by atoms with Gasteiger partial charge in [0.1, 0.15) is 11.5 Å². The number of aliphatic hydroxyl groups excluding tert-OH is 1. The topological polar surface area (TPSA) is 76.1 Å².